The van der Waals surface area contributed by atoms with E-state index in [0.717, 1.165) is 11.1 Å². The van der Waals surface area contributed by atoms with Crippen molar-refractivity contribution in [3.8, 4) is 22.8 Å². The maximum absolute atomic E-state index is 13.0. The number of fused-ring (bicyclic) bond motifs is 1. The van der Waals surface area contributed by atoms with Crippen LogP contribution in [0.2, 0.25) is 0 Å². The Kier molecular flexibility index (Phi) is 4.67. The normalized spacial score (nSPS) is 10.6. The van der Waals surface area contributed by atoms with Crippen LogP contribution in [0, 0.1) is 13.8 Å². The monoisotopic (exact) mass is 354 g/mol. The third kappa shape index (κ3) is 3.13. The molecule has 0 N–H and O–H groups in total. The molecule has 1 heterocycles. The Morgan fingerprint density at radius 3 is 2.35 bits per heavy atom. The maximum atomic E-state index is 13.0. The smallest absolute Gasteiger partial charge is 0.497 e. The van der Waals surface area contributed by atoms with Gasteiger partial charge in [0.25, 0.3) is 0 Å². The largest absolute Gasteiger partial charge is 0.513 e. The number of carbonyl (C=O) groups excluding carboxylic acids is 1. The van der Waals surface area contributed by atoms with Crippen molar-refractivity contribution in [2.45, 2.75) is 13.8 Å². The molecule has 3 aromatic rings. The first-order chi connectivity index (χ1) is 12.4. The van der Waals surface area contributed by atoms with Crippen molar-refractivity contribution in [1.29, 1.82) is 0 Å². The van der Waals surface area contributed by atoms with E-state index in [0.29, 0.717) is 22.3 Å². The molecule has 0 aliphatic rings. The molecule has 134 valence electrons. The van der Waals surface area contributed by atoms with Gasteiger partial charge in [0.15, 0.2) is 5.76 Å². The predicted octanol–water partition coefficient (Wildman–Crippen LogP) is 4.23. The first-order valence-corrected chi connectivity index (χ1v) is 7.93. The molecule has 0 bridgehead atoms. The Labute approximate surface area is 149 Å². The minimum Gasteiger partial charge on any atom is -0.497 e. The minimum absolute atomic E-state index is 0.155. The average molecular weight is 354 g/mol. The van der Waals surface area contributed by atoms with Gasteiger partial charge in [-0.2, -0.15) is 0 Å². The summed E-state index contributed by atoms with van der Waals surface area (Å²) in [7, 11) is 2.73. The molecular formula is C20H18O6. The van der Waals surface area contributed by atoms with E-state index in [1.807, 2.05) is 19.9 Å². The van der Waals surface area contributed by atoms with Crippen LogP contribution in [0.4, 0.5) is 4.79 Å². The Balaban J connectivity index is 2.32. The molecule has 6 heteroatoms. The summed E-state index contributed by atoms with van der Waals surface area (Å²) in [6.07, 6.45) is -0.990. The molecule has 6 nitrogen and oxygen atoms in total. The van der Waals surface area contributed by atoms with E-state index in [-0.39, 0.29) is 11.5 Å². The summed E-state index contributed by atoms with van der Waals surface area (Å²) in [5.74, 6) is 0.598. The van der Waals surface area contributed by atoms with E-state index in [4.69, 9.17) is 13.9 Å². The van der Waals surface area contributed by atoms with Crippen LogP contribution >= 0.6 is 0 Å². The Morgan fingerprint density at radius 2 is 1.73 bits per heavy atom. The van der Waals surface area contributed by atoms with Crippen molar-refractivity contribution in [2.24, 2.45) is 0 Å². The van der Waals surface area contributed by atoms with Gasteiger partial charge in [-0.25, -0.2) is 4.79 Å². The van der Waals surface area contributed by atoms with Gasteiger partial charge in [0, 0.05) is 5.56 Å². The second-order valence-electron chi connectivity index (χ2n) is 5.83. The zero-order chi connectivity index (χ0) is 18.8. The fourth-order valence-electron chi connectivity index (χ4n) is 2.78. The van der Waals surface area contributed by atoms with E-state index >= 15 is 0 Å². The van der Waals surface area contributed by atoms with Crippen LogP contribution in [-0.2, 0) is 4.74 Å². The van der Waals surface area contributed by atoms with Crippen molar-refractivity contribution in [2.75, 3.05) is 14.2 Å². The van der Waals surface area contributed by atoms with Gasteiger partial charge in [-0.15, -0.1) is 0 Å². The zero-order valence-electron chi connectivity index (χ0n) is 14.9. The van der Waals surface area contributed by atoms with Crippen LogP contribution < -0.4 is 14.9 Å². The third-order valence-electron chi connectivity index (χ3n) is 3.98. The molecule has 0 saturated heterocycles. The minimum atomic E-state index is -0.990. The van der Waals surface area contributed by atoms with Crippen LogP contribution in [0.3, 0.4) is 0 Å². The van der Waals surface area contributed by atoms with Crippen molar-refractivity contribution in [3.63, 3.8) is 0 Å². The topological polar surface area (TPSA) is 75.0 Å². The van der Waals surface area contributed by atoms with Crippen LogP contribution in [0.15, 0.2) is 45.6 Å². The molecule has 0 atom stereocenters. The molecular weight excluding hydrogens is 336 g/mol. The lowest BCUT2D eigenvalue weighted by Gasteiger charge is -2.12. The van der Waals surface area contributed by atoms with E-state index in [1.54, 1.807) is 37.4 Å². The fraction of sp³-hybridized carbons (Fsp3) is 0.200. The Bertz CT molecular complexity index is 1030. The lowest BCUT2D eigenvalue weighted by molar-refractivity contribution is 0.120. The highest BCUT2D eigenvalue weighted by molar-refractivity contribution is 5.86. The van der Waals surface area contributed by atoms with E-state index in [9.17, 15) is 9.59 Å². The molecule has 0 amide bonds. The molecule has 2 aromatic carbocycles. The van der Waals surface area contributed by atoms with Gasteiger partial charge in [0.05, 0.1) is 19.6 Å². The van der Waals surface area contributed by atoms with Crippen molar-refractivity contribution >= 4 is 17.1 Å². The quantitative estimate of drug-likeness (QED) is 0.655. The summed E-state index contributed by atoms with van der Waals surface area (Å²) in [6, 6.07) is 10.5. The maximum Gasteiger partial charge on any atom is 0.513 e. The molecule has 0 unspecified atom stereocenters. The van der Waals surface area contributed by atoms with Crippen molar-refractivity contribution in [3.05, 3.63) is 57.7 Å². The zero-order valence-corrected chi connectivity index (χ0v) is 14.9. The highest BCUT2D eigenvalue weighted by Gasteiger charge is 2.22. The molecule has 0 radical (unpaired) electrons. The molecule has 0 aliphatic carbocycles. The first kappa shape index (κ1) is 17.5. The number of hydrogen-bond donors (Lipinski definition) is 0. The third-order valence-corrected chi connectivity index (χ3v) is 3.98. The van der Waals surface area contributed by atoms with E-state index in [1.165, 1.54) is 7.11 Å². The second kappa shape index (κ2) is 6.92. The Hall–Kier alpha value is -3.28. The highest BCUT2D eigenvalue weighted by Crippen LogP contribution is 2.33. The predicted molar refractivity (Wildman–Crippen MR) is 97.0 cm³/mol. The summed E-state index contributed by atoms with van der Waals surface area (Å²) in [4.78, 5) is 24.6. The lowest BCUT2D eigenvalue weighted by atomic mass is 10.1. The average Bonchev–Trinajstić information content (AvgIpc) is 2.64. The van der Waals surface area contributed by atoms with Gasteiger partial charge in [-0.3, -0.25) is 4.79 Å². The van der Waals surface area contributed by atoms with Crippen LogP contribution in [0.25, 0.3) is 22.3 Å². The molecule has 0 saturated carbocycles. The van der Waals surface area contributed by atoms with Gasteiger partial charge < -0.3 is 18.6 Å². The number of rotatable bonds is 3. The summed E-state index contributed by atoms with van der Waals surface area (Å²) in [5, 5.41) is 0.346. The fourth-order valence-corrected chi connectivity index (χ4v) is 2.78. The van der Waals surface area contributed by atoms with Gasteiger partial charge in [0.1, 0.15) is 11.3 Å². The van der Waals surface area contributed by atoms with Crippen LogP contribution in [0.1, 0.15) is 11.1 Å². The Morgan fingerprint density at radius 1 is 1.04 bits per heavy atom. The number of ether oxygens (including phenoxy) is 3. The van der Waals surface area contributed by atoms with Crippen molar-refractivity contribution in [1.82, 2.24) is 0 Å². The lowest BCUT2D eigenvalue weighted by Crippen LogP contribution is -2.16. The van der Waals surface area contributed by atoms with Gasteiger partial charge in [-0.05, 0) is 55.3 Å². The molecule has 0 spiro atoms. The van der Waals surface area contributed by atoms with Crippen LogP contribution in [0.5, 0.6) is 11.5 Å². The highest BCUT2D eigenvalue weighted by atomic mass is 16.7. The number of hydrogen-bond acceptors (Lipinski definition) is 6. The molecule has 3 rings (SSSR count). The summed E-state index contributed by atoms with van der Waals surface area (Å²) >= 11 is 0. The van der Waals surface area contributed by atoms with E-state index < -0.39 is 11.6 Å². The number of methoxy groups -OCH3 is 2. The number of carbonyl (C=O) groups is 1. The molecule has 26 heavy (non-hydrogen) atoms. The second-order valence-corrected chi connectivity index (χ2v) is 5.83. The number of benzene rings is 2. The summed E-state index contributed by atoms with van der Waals surface area (Å²) in [5.41, 5.74) is 2.31. The SMILES string of the molecule is COC(=O)Oc1c(-c2ccc(OC)cc2)oc2c(C)cc(C)cc2c1=O. The summed E-state index contributed by atoms with van der Waals surface area (Å²) in [6.45, 7) is 3.74. The van der Waals surface area contributed by atoms with E-state index in [2.05, 4.69) is 4.74 Å². The molecule has 1 aromatic heterocycles. The molecule has 0 fully saturated rings. The van der Waals surface area contributed by atoms with Gasteiger partial charge >= 0.3 is 6.16 Å². The van der Waals surface area contributed by atoms with Gasteiger partial charge in [-0.1, -0.05) is 6.07 Å². The number of aryl methyl sites for hydroxylation is 2. The molecule has 0 aliphatic heterocycles. The summed E-state index contributed by atoms with van der Waals surface area (Å²) < 4.78 is 20.8. The van der Waals surface area contributed by atoms with Crippen LogP contribution in [-0.4, -0.2) is 20.4 Å². The van der Waals surface area contributed by atoms with Crippen molar-refractivity contribution < 1.29 is 23.4 Å². The standard InChI is InChI=1S/C20H18O6/c1-11-9-12(2)17-15(10-11)16(21)19(26-20(22)24-4)18(25-17)13-5-7-14(23-3)8-6-13/h5-10H,1-4H3. The van der Waals surface area contributed by atoms with Gasteiger partial charge in [0.2, 0.25) is 11.2 Å². The first-order valence-electron chi connectivity index (χ1n) is 7.93.